The van der Waals surface area contributed by atoms with Gasteiger partial charge in [-0.2, -0.15) is 0 Å². The molecule has 0 bridgehead atoms. The number of nitrogens with zero attached hydrogens (tertiary/aromatic N) is 3. The number of nitrogens with two attached hydrogens (primary N) is 1. The molecule has 2 heterocycles. The lowest BCUT2D eigenvalue weighted by molar-refractivity contribution is -0.126. The van der Waals surface area contributed by atoms with Crippen LogP contribution in [0.15, 0.2) is 42.7 Å². The summed E-state index contributed by atoms with van der Waals surface area (Å²) < 4.78 is 2.11. The van der Waals surface area contributed by atoms with Gasteiger partial charge >= 0.3 is 0 Å². The maximum Gasteiger partial charge on any atom is 0.224 e. The van der Waals surface area contributed by atoms with E-state index in [1.807, 2.05) is 30.6 Å². The Balaban J connectivity index is 1.64. The van der Waals surface area contributed by atoms with Crippen LogP contribution in [-0.2, 0) is 11.3 Å². The van der Waals surface area contributed by atoms with E-state index in [1.54, 1.807) is 0 Å². The van der Waals surface area contributed by atoms with Crippen molar-refractivity contribution in [3.63, 3.8) is 0 Å². The molecular weight excluding hydrogens is 302 g/mol. The minimum absolute atomic E-state index is 0.0467. The van der Waals surface area contributed by atoms with Gasteiger partial charge in [-0.1, -0.05) is 18.2 Å². The number of piperidine rings is 1. The lowest BCUT2D eigenvalue weighted by atomic mass is 9.97. The minimum Gasteiger partial charge on any atom is -0.355 e. The number of carbonyl (C=O) groups excluding carboxylic acids is 1. The molecule has 1 amide bonds. The van der Waals surface area contributed by atoms with Gasteiger partial charge in [0.15, 0.2) is 0 Å². The third kappa shape index (κ3) is 4.01. The SMILES string of the molecule is NCCNC(=O)C1CCCN(Cc2nccn2-c2ccccc2)C1. The number of imidazole rings is 1. The summed E-state index contributed by atoms with van der Waals surface area (Å²) >= 11 is 0. The maximum absolute atomic E-state index is 12.2. The van der Waals surface area contributed by atoms with E-state index >= 15 is 0 Å². The van der Waals surface area contributed by atoms with E-state index in [1.165, 1.54) is 0 Å². The number of benzene rings is 1. The van der Waals surface area contributed by atoms with Gasteiger partial charge in [0.2, 0.25) is 5.91 Å². The maximum atomic E-state index is 12.2. The average molecular weight is 327 g/mol. The van der Waals surface area contributed by atoms with Crippen LogP contribution in [0.2, 0.25) is 0 Å². The molecule has 0 radical (unpaired) electrons. The molecule has 24 heavy (non-hydrogen) atoms. The highest BCUT2D eigenvalue weighted by Gasteiger charge is 2.26. The number of hydrogen-bond acceptors (Lipinski definition) is 4. The van der Waals surface area contributed by atoms with Gasteiger partial charge < -0.3 is 15.6 Å². The Morgan fingerprint density at radius 1 is 1.33 bits per heavy atom. The summed E-state index contributed by atoms with van der Waals surface area (Å²) in [6, 6.07) is 10.2. The molecule has 6 nitrogen and oxygen atoms in total. The number of aromatic nitrogens is 2. The first-order chi connectivity index (χ1) is 11.8. The van der Waals surface area contributed by atoms with Crippen LogP contribution in [-0.4, -0.2) is 46.5 Å². The summed E-state index contributed by atoms with van der Waals surface area (Å²) in [6.07, 6.45) is 5.80. The van der Waals surface area contributed by atoms with Crippen molar-refractivity contribution in [1.29, 1.82) is 0 Å². The zero-order valence-electron chi connectivity index (χ0n) is 13.9. The van der Waals surface area contributed by atoms with E-state index in [4.69, 9.17) is 5.73 Å². The van der Waals surface area contributed by atoms with Crippen molar-refractivity contribution in [2.45, 2.75) is 19.4 Å². The number of para-hydroxylation sites is 1. The first kappa shape index (κ1) is 16.7. The van der Waals surface area contributed by atoms with Crippen molar-refractivity contribution in [3.05, 3.63) is 48.5 Å². The van der Waals surface area contributed by atoms with E-state index in [0.29, 0.717) is 13.1 Å². The summed E-state index contributed by atoms with van der Waals surface area (Å²) in [4.78, 5) is 19.0. The van der Waals surface area contributed by atoms with Gasteiger partial charge in [-0.05, 0) is 31.5 Å². The number of nitrogens with one attached hydrogen (secondary N) is 1. The van der Waals surface area contributed by atoms with Gasteiger partial charge in [-0.3, -0.25) is 9.69 Å². The Bertz CT molecular complexity index is 654. The normalized spacial score (nSPS) is 18.5. The van der Waals surface area contributed by atoms with Gasteiger partial charge in [-0.15, -0.1) is 0 Å². The van der Waals surface area contributed by atoms with E-state index < -0.39 is 0 Å². The van der Waals surface area contributed by atoms with Crippen LogP contribution in [0.1, 0.15) is 18.7 Å². The summed E-state index contributed by atoms with van der Waals surface area (Å²) in [6.45, 7) is 3.56. The third-order valence-corrected chi connectivity index (χ3v) is 4.44. The minimum atomic E-state index is 0.0467. The zero-order valence-corrected chi connectivity index (χ0v) is 13.9. The fraction of sp³-hybridized carbons (Fsp3) is 0.444. The topological polar surface area (TPSA) is 76.2 Å². The monoisotopic (exact) mass is 327 g/mol. The molecule has 0 aliphatic carbocycles. The summed E-state index contributed by atoms with van der Waals surface area (Å²) in [5, 5.41) is 2.91. The second-order valence-electron chi connectivity index (χ2n) is 6.20. The van der Waals surface area contributed by atoms with Crippen LogP contribution < -0.4 is 11.1 Å². The summed E-state index contributed by atoms with van der Waals surface area (Å²) in [5.74, 6) is 1.17. The molecular formula is C18H25N5O. The Morgan fingerprint density at radius 2 is 2.17 bits per heavy atom. The van der Waals surface area contributed by atoms with E-state index in [-0.39, 0.29) is 11.8 Å². The molecule has 1 aromatic carbocycles. The molecule has 1 aliphatic rings. The standard InChI is InChI=1S/C18H25N5O/c19-8-9-21-18(24)15-5-4-11-22(13-15)14-17-20-10-12-23(17)16-6-2-1-3-7-16/h1-3,6-7,10,12,15H,4-5,8-9,11,13-14,19H2,(H,21,24). The Labute approximate surface area is 142 Å². The van der Waals surface area contributed by atoms with Crippen molar-refractivity contribution in [2.75, 3.05) is 26.2 Å². The predicted octanol–water partition coefficient (Wildman–Crippen LogP) is 1.16. The number of carbonyl (C=O) groups is 1. The summed E-state index contributed by atoms with van der Waals surface area (Å²) in [5.41, 5.74) is 6.57. The Kier molecular flexibility index (Phi) is 5.61. The van der Waals surface area contributed by atoms with Gasteiger partial charge in [-0.25, -0.2) is 4.98 Å². The highest BCUT2D eigenvalue weighted by Crippen LogP contribution is 2.19. The molecule has 128 valence electrons. The highest BCUT2D eigenvalue weighted by atomic mass is 16.1. The fourth-order valence-corrected chi connectivity index (χ4v) is 3.23. The van der Waals surface area contributed by atoms with Crippen molar-refractivity contribution < 1.29 is 4.79 Å². The highest BCUT2D eigenvalue weighted by molar-refractivity contribution is 5.78. The molecule has 1 unspecified atom stereocenters. The van der Waals surface area contributed by atoms with Crippen molar-refractivity contribution in [1.82, 2.24) is 19.8 Å². The molecule has 1 fully saturated rings. The van der Waals surface area contributed by atoms with Crippen molar-refractivity contribution >= 4 is 5.91 Å². The predicted molar refractivity (Wildman–Crippen MR) is 93.6 cm³/mol. The largest absolute Gasteiger partial charge is 0.355 e. The second-order valence-corrected chi connectivity index (χ2v) is 6.20. The molecule has 3 rings (SSSR count). The fourth-order valence-electron chi connectivity index (χ4n) is 3.23. The molecule has 1 saturated heterocycles. The number of likely N-dealkylation sites (tertiary alicyclic amines) is 1. The van der Waals surface area contributed by atoms with Gasteiger partial charge in [0.05, 0.1) is 12.5 Å². The van der Waals surface area contributed by atoms with Crippen LogP contribution in [0.5, 0.6) is 0 Å². The lowest BCUT2D eigenvalue weighted by Crippen LogP contribution is -2.44. The summed E-state index contributed by atoms with van der Waals surface area (Å²) in [7, 11) is 0. The smallest absolute Gasteiger partial charge is 0.224 e. The van der Waals surface area contributed by atoms with Gasteiger partial charge in [0, 0.05) is 37.7 Å². The second kappa shape index (κ2) is 8.08. The van der Waals surface area contributed by atoms with E-state index in [9.17, 15) is 4.79 Å². The number of rotatable bonds is 6. The Hall–Kier alpha value is -2.18. The molecule has 1 atom stereocenters. The van der Waals surface area contributed by atoms with Crippen LogP contribution in [0, 0.1) is 5.92 Å². The molecule has 6 heteroatoms. The first-order valence-electron chi connectivity index (χ1n) is 8.55. The lowest BCUT2D eigenvalue weighted by Gasteiger charge is -2.31. The molecule has 0 spiro atoms. The quantitative estimate of drug-likeness (QED) is 0.835. The molecule has 1 aliphatic heterocycles. The zero-order chi connectivity index (χ0) is 16.8. The molecule has 3 N–H and O–H groups in total. The van der Waals surface area contributed by atoms with Crippen LogP contribution >= 0.6 is 0 Å². The van der Waals surface area contributed by atoms with Crippen LogP contribution in [0.3, 0.4) is 0 Å². The van der Waals surface area contributed by atoms with E-state index in [2.05, 4.69) is 31.9 Å². The molecule has 0 saturated carbocycles. The van der Waals surface area contributed by atoms with Crippen molar-refractivity contribution in [2.24, 2.45) is 11.7 Å². The average Bonchev–Trinajstić information content (AvgIpc) is 3.08. The Morgan fingerprint density at radius 3 is 2.96 bits per heavy atom. The number of amides is 1. The van der Waals surface area contributed by atoms with Crippen LogP contribution in [0.4, 0.5) is 0 Å². The molecule has 2 aromatic rings. The van der Waals surface area contributed by atoms with Crippen molar-refractivity contribution in [3.8, 4) is 5.69 Å². The van der Waals surface area contributed by atoms with Crippen LogP contribution in [0.25, 0.3) is 5.69 Å². The van der Waals surface area contributed by atoms with E-state index in [0.717, 1.165) is 44.0 Å². The molecule has 1 aromatic heterocycles. The van der Waals surface area contributed by atoms with Gasteiger partial charge in [0.1, 0.15) is 5.82 Å². The third-order valence-electron chi connectivity index (χ3n) is 4.44. The number of hydrogen-bond donors (Lipinski definition) is 2. The van der Waals surface area contributed by atoms with Gasteiger partial charge in [0.25, 0.3) is 0 Å². The first-order valence-corrected chi connectivity index (χ1v) is 8.55.